The largest absolute Gasteiger partial charge is 0.378 e. The zero-order valence-electron chi connectivity index (χ0n) is 12.0. The number of nitrogens with one attached hydrogen (secondary N) is 1. The van der Waals surface area contributed by atoms with Crippen LogP contribution in [0.4, 0.5) is 5.69 Å². The molecular formula is C18H20BrN. The van der Waals surface area contributed by atoms with E-state index in [2.05, 4.69) is 71.5 Å². The van der Waals surface area contributed by atoms with Crippen molar-refractivity contribution in [1.82, 2.24) is 0 Å². The van der Waals surface area contributed by atoms with Crippen LogP contribution in [0.5, 0.6) is 0 Å². The van der Waals surface area contributed by atoms with Crippen molar-refractivity contribution in [3.63, 3.8) is 0 Å². The molecule has 0 aromatic heterocycles. The lowest BCUT2D eigenvalue weighted by Gasteiger charge is -2.17. The number of halogens is 1. The average molecular weight is 330 g/mol. The highest BCUT2D eigenvalue weighted by Gasteiger charge is 2.13. The molecule has 0 amide bonds. The van der Waals surface area contributed by atoms with Crippen molar-refractivity contribution < 1.29 is 0 Å². The van der Waals surface area contributed by atoms with Crippen molar-refractivity contribution in [1.29, 1.82) is 0 Å². The molecule has 1 unspecified atom stereocenters. The second kappa shape index (κ2) is 5.61. The molecule has 0 saturated heterocycles. The predicted molar refractivity (Wildman–Crippen MR) is 89.4 cm³/mol. The summed E-state index contributed by atoms with van der Waals surface area (Å²) < 4.78 is 1.13. The summed E-state index contributed by atoms with van der Waals surface area (Å²) in [6, 6.07) is 13.7. The molecule has 1 aliphatic rings. The van der Waals surface area contributed by atoms with Crippen molar-refractivity contribution in [3.8, 4) is 0 Å². The normalized spacial score (nSPS) is 14.9. The van der Waals surface area contributed by atoms with E-state index in [4.69, 9.17) is 0 Å². The number of anilines is 1. The standard InChI is InChI=1S/C18H20BrN/c1-12-8-17(19)11-18(9-12)20-13(2)15-7-6-14-4-3-5-16(14)10-15/h6-11,13,20H,3-5H2,1-2H3. The van der Waals surface area contributed by atoms with Gasteiger partial charge in [0.15, 0.2) is 0 Å². The molecule has 0 heterocycles. The van der Waals surface area contributed by atoms with Gasteiger partial charge in [0.1, 0.15) is 0 Å². The van der Waals surface area contributed by atoms with Crippen LogP contribution in [-0.2, 0) is 12.8 Å². The molecule has 20 heavy (non-hydrogen) atoms. The molecular weight excluding hydrogens is 310 g/mol. The Labute approximate surface area is 129 Å². The smallest absolute Gasteiger partial charge is 0.0485 e. The van der Waals surface area contributed by atoms with E-state index in [0.717, 1.165) is 4.47 Å². The molecule has 2 aromatic carbocycles. The first-order chi connectivity index (χ1) is 9.61. The molecule has 0 bridgehead atoms. The maximum Gasteiger partial charge on any atom is 0.0485 e. The molecule has 1 atom stereocenters. The van der Waals surface area contributed by atoms with Gasteiger partial charge in [-0.3, -0.25) is 0 Å². The van der Waals surface area contributed by atoms with Crippen LogP contribution in [0.2, 0.25) is 0 Å². The number of rotatable bonds is 3. The highest BCUT2D eigenvalue weighted by molar-refractivity contribution is 9.10. The van der Waals surface area contributed by atoms with Gasteiger partial charge in [-0.25, -0.2) is 0 Å². The molecule has 104 valence electrons. The summed E-state index contributed by atoms with van der Waals surface area (Å²) in [4.78, 5) is 0. The Hall–Kier alpha value is -1.28. The van der Waals surface area contributed by atoms with Crippen molar-refractivity contribution in [3.05, 3.63) is 63.1 Å². The van der Waals surface area contributed by atoms with Crippen LogP contribution in [0.3, 0.4) is 0 Å². The minimum Gasteiger partial charge on any atom is -0.378 e. The Kier molecular flexibility index (Phi) is 3.84. The summed E-state index contributed by atoms with van der Waals surface area (Å²) in [7, 11) is 0. The topological polar surface area (TPSA) is 12.0 Å². The van der Waals surface area contributed by atoms with Crippen LogP contribution < -0.4 is 5.32 Å². The number of hydrogen-bond acceptors (Lipinski definition) is 1. The van der Waals surface area contributed by atoms with Crippen molar-refractivity contribution >= 4 is 21.6 Å². The fourth-order valence-corrected chi connectivity index (χ4v) is 3.62. The Morgan fingerprint density at radius 1 is 1.05 bits per heavy atom. The van der Waals surface area contributed by atoms with E-state index in [9.17, 15) is 0 Å². The summed E-state index contributed by atoms with van der Waals surface area (Å²) in [5.41, 5.74) is 6.90. The second-order valence-electron chi connectivity index (χ2n) is 5.76. The number of fused-ring (bicyclic) bond motifs is 1. The maximum absolute atomic E-state index is 3.60. The lowest BCUT2D eigenvalue weighted by Crippen LogP contribution is -2.07. The molecule has 1 aliphatic carbocycles. The summed E-state index contributed by atoms with van der Waals surface area (Å²) in [5.74, 6) is 0. The summed E-state index contributed by atoms with van der Waals surface area (Å²) in [6.45, 7) is 4.35. The van der Waals surface area contributed by atoms with Gasteiger partial charge in [-0.05, 0) is 73.6 Å². The first-order valence-electron chi connectivity index (χ1n) is 7.27. The highest BCUT2D eigenvalue weighted by Crippen LogP contribution is 2.28. The zero-order valence-corrected chi connectivity index (χ0v) is 13.6. The van der Waals surface area contributed by atoms with Crippen molar-refractivity contribution in [2.24, 2.45) is 0 Å². The Bertz CT molecular complexity index is 613. The van der Waals surface area contributed by atoms with Gasteiger partial charge in [0, 0.05) is 16.2 Å². The average Bonchev–Trinajstić information content (AvgIpc) is 2.84. The molecule has 0 radical (unpaired) electrons. The third kappa shape index (κ3) is 2.90. The van der Waals surface area contributed by atoms with Crippen LogP contribution in [-0.4, -0.2) is 0 Å². The van der Waals surface area contributed by atoms with E-state index in [1.807, 2.05) is 0 Å². The van der Waals surface area contributed by atoms with E-state index in [1.165, 1.54) is 36.1 Å². The Morgan fingerprint density at radius 3 is 2.65 bits per heavy atom. The number of aryl methyl sites for hydroxylation is 3. The lowest BCUT2D eigenvalue weighted by atomic mass is 10.0. The molecule has 0 fully saturated rings. The van der Waals surface area contributed by atoms with E-state index < -0.39 is 0 Å². The van der Waals surface area contributed by atoms with Crippen LogP contribution in [0.1, 0.15) is 41.6 Å². The maximum atomic E-state index is 3.60. The van der Waals surface area contributed by atoms with Crippen LogP contribution in [0.25, 0.3) is 0 Å². The molecule has 0 saturated carbocycles. The van der Waals surface area contributed by atoms with Gasteiger partial charge >= 0.3 is 0 Å². The van der Waals surface area contributed by atoms with Gasteiger partial charge in [-0.1, -0.05) is 34.1 Å². The van der Waals surface area contributed by atoms with Crippen LogP contribution in [0, 0.1) is 6.92 Å². The lowest BCUT2D eigenvalue weighted by molar-refractivity contribution is 0.879. The monoisotopic (exact) mass is 329 g/mol. The first-order valence-corrected chi connectivity index (χ1v) is 8.06. The first kappa shape index (κ1) is 13.7. The van der Waals surface area contributed by atoms with E-state index in [1.54, 1.807) is 11.1 Å². The summed E-state index contributed by atoms with van der Waals surface area (Å²) >= 11 is 3.56. The van der Waals surface area contributed by atoms with Crippen molar-refractivity contribution in [2.45, 2.75) is 39.2 Å². The van der Waals surface area contributed by atoms with Gasteiger partial charge in [0.05, 0.1) is 0 Å². The minimum absolute atomic E-state index is 0.328. The van der Waals surface area contributed by atoms with Crippen LogP contribution >= 0.6 is 15.9 Å². The summed E-state index contributed by atoms with van der Waals surface area (Å²) in [5, 5.41) is 3.60. The van der Waals surface area contributed by atoms with Gasteiger partial charge in [-0.2, -0.15) is 0 Å². The highest BCUT2D eigenvalue weighted by atomic mass is 79.9. The molecule has 3 rings (SSSR count). The zero-order chi connectivity index (χ0) is 14.1. The van der Waals surface area contributed by atoms with Gasteiger partial charge in [0.2, 0.25) is 0 Å². The van der Waals surface area contributed by atoms with E-state index in [0.29, 0.717) is 6.04 Å². The van der Waals surface area contributed by atoms with Gasteiger partial charge in [0.25, 0.3) is 0 Å². The van der Waals surface area contributed by atoms with Gasteiger partial charge < -0.3 is 5.32 Å². The second-order valence-corrected chi connectivity index (χ2v) is 6.68. The Morgan fingerprint density at radius 2 is 1.85 bits per heavy atom. The molecule has 2 heteroatoms. The van der Waals surface area contributed by atoms with E-state index in [-0.39, 0.29) is 0 Å². The van der Waals surface area contributed by atoms with E-state index >= 15 is 0 Å². The fourth-order valence-electron chi connectivity index (χ4n) is 3.01. The number of hydrogen-bond donors (Lipinski definition) is 1. The SMILES string of the molecule is Cc1cc(Br)cc(NC(C)c2ccc3c(c2)CCC3)c1. The molecule has 1 N–H and O–H groups in total. The summed E-state index contributed by atoms with van der Waals surface area (Å²) in [6.07, 6.45) is 3.81. The molecule has 2 aromatic rings. The minimum atomic E-state index is 0.328. The van der Waals surface area contributed by atoms with Gasteiger partial charge in [-0.15, -0.1) is 0 Å². The van der Waals surface area contributed by atoms with Crippen LogP contribution in [0.15, 0.2) is 40.9 Å². The molecule has 0 aliphatic heterocycles. The fraction of sp³-hybridized carbons (Fsp3) is 0.333. The molecule has 1 nitrogen and oxygen atoms in total. The number of benzene rings is 2. The quantitative estimate of drug-likeness (QED) is 0.792. The van der Waals surface area contributed by atoms with Crippen molar-refractivity contribution in [2.75, 3.05) is 5.32 Å². The third-order valence-electron chi connectivity index (χ3n) is 4.05. The predicted octanol–water partition coefficient (Wildman–Crippen LogP) is 5.42. The Balaban J connectivity index is 1.80. The third-order valence-corrected chi connectivity index (χ3v) is 4.51. The molecule has 0 spiro atoms.